The van der Waals surface area contributed by atoms with Crippen molar-refractivity contribution in [3.63, 3.8) is 0 Å². The number of hydrogen-bond donors (Lipinski definition) is 0. The molecule has 2 rings (SSSR count). The molecule has 0 unspecified atom stereocenters. The lowest BCUT2D eigenvalue weighted by molar-refractivity contribution is 0.0983. The average molecular weight is 216 g/mol. The summed E-state index contributed by atoms with van der Waals surface area (Å²) < 4.78 is 0. The summed E-state index contributed by atoms with van der Waals surface area (Å²) in [6, 6.07) is 11.5. The smallest absolute Gasteiger partial charge is 0.163 e. The van der Waals surface area contributed by atoms with Crippen LogP contribution in [-0.2, 0) is 6.42 Å². The molecule has 0 N–H and O–H groups in total. The second kappa shape index (κ2) is 4.89. The Morgan fingerprint density at radius 1 is 1.13 bits per heavy atom. The summed E-state index contributed by atoms with van der Waals surface area (Å²) in [6.45, 7) is 0. The minimum atomic E-state index is 0.224. The molecule has 2 aromatic rings. The van der Waals surface area contributed by atoms with Crippen molar-refractivity contribution in [2.24, 2.45) is 0 Å². The maximum Gasteiger partial charge on any atom is 0.163 e. The van der Waals surface area contributed by atoms with Crippen LogP contribution in [0.4, 0.5) is 0 Å². The molecule has 0 radical (unpaired) electrons. The molecule has 0 saturated heterocycles. The molecular formula is C13H12OS. The number of carbonyl (C=O) groups excluding carboxylic acids is 1. The highest BCUT2D eigenvalue weighted by atomic mass is 32.1. The van der Waals surface area contributed by atoms with Gasteiger partial charge in [0.15, 0.2) is 5.78 Å². The van der Waals surface area contributed by atoms with Crippen LogP contribution < -0.4 is 0 Å². The van der Waals surface area contributed by atoms with Gasteiger partial charge in [0.1, 0.15) is 0 Å². The van der Waals surface area contributed by atoms with Crippen molar-refractivity contribution in [3.8, 4) is 0 Å². The zero-order valence-electron chi connectivity index (χ0n) is 8.35. The molecule has 1 aromatic heterocycles. The quantitative estimate of drug-likeness (QED) is 0.714. The van der Waals surface area contributed by atoms with Crippen LogP contribution in [0.3, 0.4) is 0 Å². The zero-order valence-corrected chi connectivity index (χ0v) is 9.17. The molecule has 0 aliphatic heterocycles. The van der Waals surface area contributed by atoms with Crippen LogP contribution in [0.15, 0.2) is 47.2 Å². The maximum atomic E-state index is 11.7. The van der Waals surface area contributed by atoms with E-state index in [0.29, 0.717) is 6.42 Å². The van der Waals surface area contributed by atoms with E-state index in [9.17, 15) is 4.79 Å². The molecule has 0 aliphatic rings. The van der Waals surface area contributed by atoms with Crippen molar-refractivity contribution < 1.29 is 4.79 Å². The molecule has 0 aliphatic carbocycles. The predicted molar refractivity (Wildman–Crippen MR) is 63.4 cm³/mol. The maximum absolute atomic E-state index is 11.7. The summed E-state index contributed by atoms with van der Waals surface area (Å²) in [5, 5.41) is 4.14. The number of benzene rings is 1. The van der Waals surface area contributed by atoms with Gasteiger partial charge >= 0.3 is 0 Å². The molecule has 1 nitrogen and oxygen atoms in total. The number of aryl methyl sites for hydroxylation is 1. The number of hydrogen-bond acceptors (Lipinski definition) is 2. The van der Waals surface area contributed by atoms with Gasteiger partial charge < -0.3 is 0 Å². The molecule has 15 heavy (non-hydrogen) atoms. The number of ketones is 1. The van der Waals surface area contributed by atoms with Crippen LogP contribution in [0.2, 0.25) is 0 Å². The average Bonchev–Trinajstić information content (AvgIpc) is 2.80. The van der Waals surface area contributed by atoms with Gasteiger partial charge in [-0.1, -0.05) is 30.3 Å². The lowest BCUT2D eigenvalue weighted by Crippen LogP contribution is -2.00. The zero-order chi connectivity index (χ0) is 10.5. The Balaban J connectivity index is 1.94. The van der Waals surface area contributed by atoms with Gasteiger partial charge in [-0.3, -0.25) is 4.79 Å². The van der Waals surface area contributed by atoms with Gasteiger partial charge in [0.25, 0.3) is 0 Å². The van der Waals surface area contributed by atoms with Crippen LogP contribution in [-0.4, -0.2) is 5.78 Å². The molecule has 0 atom stereocenters. The fraction of sp³-hybridized carbons (Fsp3) is 0.154. The Labute approximate surface area is 93.4 Å². The Kier molecular flexibility index (Phi) is 3.30. The summed E-state index contributed by atoms with van der Waals surface area (Å²) in [4.78, 5) is 11.7. The van der Waals surface area contributed by atoms with Crippen LogP contribution in [0.5, 0.6) is 0 Å². The Morgan fingerprint density at radius 2 is 1.93 bits per heavy atom. The normalized spacial score (nSPS) is 10.1. The fourth-order valence-corrected chi connectivity index (χ4v) is 2.16. The lowest BCUT2D eigenvalue weighted by Gasteiger charge is -1.99. The minimum Gasteiger partial charge on any atom is -0.294 e. The highest BCUT2D eigenvalue weighted by molar-refractivity contribution is 7.07. The van der Waals surface area contributed by atoms with E-state index in [4.69, 9.17) is 0 Å². The molecule has 2 heteroatoms. The molecular weight excluding hydrogens is 204 g/mol. The van der Waals surface area contributed by atoms with Crippen molar-refractivity contribution in [2.75, 3.05) is 0 Å². The van der Waals surface area contributed by atoms with E-state index >= 15 is 0 Å². The largest absolute Gasteiger partial charge is 0.294 e. The van der Waals surface area contributed by atoms with Crippen molar-refractivity contribution in [2.45, 2.75) is 12.8 Å². The standard InChI is InChI=1S/C13H12OS/c14-13(12-4-2-1-3-5-12)7-6-11-8-9-15-10-11/h1-5,8-10H,6-7H2. The molecule has 0 spiro atoms. The summed E-state index contributed by atoms with van der Waals surface area (Å²) in [5.74, 6) is 0.224. The highest BCUT2D eigenvalue weighted by Gasteiger charge is 2.04. The highest BCUT2D eigenvalue weighted by Crippen LogP contribution is 2.11. The van der Waals surface area contributed by atoms with Crippen molar-refractivity contribution in [1.82, 2.24) is 0 Å². The van der Waals surface area contributed by atoms with Gasteiger partial charge in [-0.2, -0.15) is 11.3 Å². The molecule has 1 aromatic carbocycles. The first-order valence-corrected chi connectivity index (χ1v) is 5.90. The summed E-state index contributed by atoms with van der Waals surface area (Å²) in [6.07, 6.45) is 1.44. The van der Waals surface area contributed by atoms with Gasteiger partial charge in [-0.25, -0.2) is 0 Å². The van der Waals surface area contributed by atoms with Gasteiger partial charge in [0.2, 0.25) is 0 Å². The molecule has 0 fully saturated rings. The van der Waals surface area contributed by atoms with Crippen LogP contribution >= 0.6 is 11.3 Å². The third-order valence-corrected chi connectivity index (χ3v) is 3.05. The van der Waals surface area contributed by atoms with Crippen LogP contribution in [0.1, 0.15) is 22.3 Å². The van der Waals surface area contributed by atoms with Gasteiger partial charge in [-0.05, 0) is 28.8 Å². The van der Waals surface area contributed by atoms with Gasteiger partial charge in [0.05, 0.1) is 0 Å². The van der Waals surface area contributed by atoms with E-state index in [-0.39, 0.29) is 5.78 Å². The first-order chi connectivity index (χ1) is 7.36. The number of thiophene rings is 1. The monoisotopic (exact) mass is 216 g/mol. The molecule has 0 bridgehead atoms. The minimum absolute atomic E-state index is 0.224. The van der Waals surface area contributed by atoms with Crippen LogP contribution in [0, 0.1) is 0 Å². The Bertz CT molecular complexity index is 417. The molecule has 1 heterocycles. The molecule has 76 valence electrons. The van der Waals surface area contributed by atoms with Crippen molar-refractivity contribution in [3.05, 3.63) is 58.3 Å². The van der Waals surface area contributed by atoms with E-state index in [1.54, 1.807) is 11.3 Å². The van der Waals surface area contributed by atoms with Gasteiger partial charge in [0, 0.05) is 12.0 Å². The lowest BCUT2D eigenvalue weighted by atomic mass is 10.0. The van der Waals surface area contributed by atoms with Crippen LogP contribution in [0.25, 0.3) is 0 Å². The number of carbonyl (C=O) groups is 1. The SMILES string of the molecule is O=C(CCc1ccsc1)c1ccccc1. The van der Waals surface area contributed by atoms with E-state index in [1.165, 1.54) is 5.56 Å². The molecule has 0 saturated carbocycles. The van der Waals surface area contributed by atoms with Crippen molar-refractivity contribution in [1.29, 1.82) is 0 Å². The number of Topliss-reactive ketones (excluding diaryl/α,β-unsaturated/α-hetero) is 1. The molecule has 0 amide bonds. The first-order valence-electron chi connectivity index (χ1n) is 4.95. The third-order valence-electron chi connectivity index (χ3n) is 2.32. The Hall–Kier alpha value is -1.41. The van der Waals surface area contributed by atoms with E-state index in [2.05, 4.69) is 11.4 Å². The van der Waals surface area contributed by atoms with Crippen molar-refractivity contribution >= 4 is 17.1 Å². The summed E-state index contributed by atoms with van der Waals surface area (Å²) >= 11 is 1.68. The van der Waals surface area contributed by atoms with E-state index in [0.717, 1.165) is 12.0 Å². The second-order valence-corrected chi connectivity index (χ2v) is 4.20. The fourth-order valence-electron chi connectivity index (χ4n) is 1.46. The Morgan fingerprint density at radius 3 is 2.60 bits per heavy atom. The van der Waals surface area contributed by atoms with E-state index < -0.39 is 0 Å². The van der Waals surface area contributed by atoms with Gasteiger partial charge in [-0.15, -0.1) is 0 Å². The first kappa shape index (κ1) is 10.1. The summed E-state index contributed by atoms with van der Waals surface area (Å²) in [5.41, 5.74) is 2.07. The number of rotatable bonds is 4. The third kappa shape index (κ3) is 2.77. The predicted octanol–water partition coefficient (Wildman–Crippen LogP) is 3.56. The second-order valence-electron chi connectivity index (χ2n) is 3.42. The summed E-state index contributed by atoms with van der Waals surface area (Å²) in [7, 11) is 0. The topological polar surface area (TPSA) is 17.1 Å². The van der Waals surface area contributed by atoms with E-state index in [1.807, 2.05) is 35.7 Å².